The van der Waals surface area contributed by atoms with Gasteiger partial charge in [0, 0.05) is 37.9 Å². The molecule has 2 atom stereocenters. The Bertz CT molecular complexity index is 612. The second kappa shape index (κ2) is 4.56. The van der Waals surface area contributed by atoms with Gasteiger partial charge in [-0.1, -0.05) is 0 Å². The third-order valence-electron chi connectivity index (χ3n) is 3.66. The summed E-state index contributed by atoms with van der Waals surface area (Å²) in [7, 11) is 3.69. The number of nitrogens with one attached hydrogen (secondary N) is 2. The Morgan fingerprint density at radius 2 is 1.25 bits per heavy atom. The van der Waals surface area contributed by atoms with Crippen molar-refractivity contribution in [3.63, 3.8) is 0 Å². The molecule has 0 aliphatic carbocycles. The molecule has 1 fully saturated rings. The summed E-state index contributed by atoms with van der Waals surface area (Å²) >= 11 is 0. The first-order valence-electron chi connectivity index (χ1n) is 6.41. The van der Waals surface area contributed by atoms with E-state index in [0.717, 1.165) is 11.4 Å². The number of rotatable bonds is 2. The molecule has 20 heavy (non-hydrogen) atoms. The van der Waals surface area contributed by atoms with Crippen LogP contribution in [-0.2, 0) is 23.7 Å². The van der Waals surface area contributed by atoms with E-state index in [1.54, 1.807) is 0 Å². The highest BCUT2D eigenvalue weighted by molar-refractivity contribution is 5.97. The first-order valence-corrected chi connectivity index (χ1v) is 6.41. The first kappa shape index (κ1) is 12.5. The summed E-state index contributed by atoms with van der Waals surface area (Å²) in [4.78, 5) is 24.5. The van der Waals surface area contributed by atoms with Crippen molar-refractivity contribution in [1.29, 1.82) is 0 Å². The number of aryl methyl sites for hydroxylation is 2. The quantitative estimate of drug-likeness (QED) is 0.830. The predicted molar refractivity (Wildman–Crippen MR) is 72.6 cm³/mol. The SMILES string of the molecule is Cn1cccc1[C@@H]1NC(=O)[C@@H](c2cccn2C)NC1=O. The van der Waals surface area contributed by atoms with Gasteiger partial charge in [-0.25, -0.2) is 0 Å². The van der Waals surface area contributed by atoms with E-state index in [1.165, 1.54) is 0 Å². The minimum atomic E-state index is -0.640. The van der Waals surface area contributed by atoms with Gasteiger partial charge < -0.3 is 19.8 Å². The van der Waals surface area contributed by atoms with Gasteiger partial charge in [0.15, 0.2) is 0 Å². The van der Waals surface area contributed by atoms with Gasteiger partial charge in [0.2, 0.25) is 11.8 Å². The fraction of sp³-hybridized carbons (Fsp3) is 0.286. The molecule has 3 heterocycles. The van der Waals surface area contributed by atoms with Crippen LogP contribution < -0.4 is 10.6 Å². The number of aromatic nitrogens is 2. The minimum absolute atomic E-state index is 0.197. The molecule has 1 saturated heterocycles. The van der Waals surface area contributed by atoms with Gasteiger partial charge in [-0.2, -0.15) is 0 Å². The summed E-state index contributed by atoms with van der Waals surface area (Å²) in [5.41, 5.74) is 1.53. The molecule has 2 amide bonds. The van der Waals surface area contributed by atoms with Crippen molar-refractivity contribution in [2.24, 2.45) is 14.1 Å². The Kier molecular flexibility index (Phi) is 2.85. The van der Waals surface area contributed by atoms with E-state index in [2.05, 4.69) is 10.6 Å². The lowest BCUT2D eigenvalue weighted by Gasteiger charge is -2.30. The molecule has 0 radical (unpaired) electrons. The number of piperazine rings is 1. The molecule has 2 aromatic heterocycles. The predicted octanol–water partition coefficient (Wildman–Crippen LogP) is 0.392. The van der Waals surface area contributed by atoms with Crippen molar-refractivity contribution in [2.45, 2.75) is 12.1 Å². The summed E-state index contributed by atoms with van der Waals surface area (Å²) in [5.74, 6) is -0.393. The van der Waals surface area contributed by atoms with E-state index in [4.69, 9.17) is 0 Å². The van der Waals surface area contributed by atoms with Crippen LogP contribution in [0.1, 0.15) is 23.5 Å². The number of nitrogens with zero attached hydrogens (tertiary/aromatic N) is 2. The van der Waals surface area contributed by atoms with Crippen LogP contribution in [0.2, 0.25) is 0 Å². The minimum Gasteiger partial charge on any atom is -0.352 e. The summed E-state index contributed by atoms with van der Waals surface area (Å²) in [6, 6.07) is 6.06. The number of hydrogen-bond acceptors (Lipinski definition) is 2. The summed E-state index contributed by atoms with van der Waals surface area (Å²) in [5, 5.41) is 5.58. The van der Waals surface area contributed by atoms with Crippen LogP contribution >= 0.6 is 0 Å². The van der Waals surface area contributed by atoms with Crippen molar-refractivity contribution in [3.8, 4) is 0 Å². The average molecular weight is 272 g/mol. The Labute approximate surface area is 116 Å². The average Bonchev–Trinajstić information content (AvgIpc) is 3.01. The zero-order valence-corrected chi connectivity index (χ0v) is 11.3. The van der Waals surface area contributed by atoms with Crippen LogP contribution in [0.15, 0.2) is 36.7 Å². The van der Waals surface area contributed by atoms with Gasteiger partial charge in [0.1, 0.15) is 12.1 Å². The largest absolute Gasteiger partial charge is 0.352 e. The summed E-state index contributed by atoms with van der Waals surface area (Å²) < 4.78 is 3.65. The first-order chi connectivity index (χ1) is 9.58. The highest BCUT2D eigenvalue weighted by atomic mass is 16.2. The number of carbonyl (C=O) groups is 2. The molecule has 6 heteroatoms. The van der Waals surface area contributed by atoms with Crippen LogP contribution in [-0.4, -0.2) is 20.9 Å². The molecular formula is C14H16N4O2. The molecule has 0 saturated carbocycles. The van der Waals surface area contributed by atoms with Crippen molar-refractivity contribution < 1.29 is 9.59 Å². The van der Waals surface area contributed by atoms with E-state index in [1.807, 2.05) is 59.9 Å². The van der Waals surface area contributed by atoms with Crippen molar-refractivity contribution in [1.82, 2.24) is 19.8 Å². The highest BCUT2D eigenvalue weighted by Gasteiger charge is 2.37. The van der Waals surface area contributed by atoms with Crippen LogP contribution in [0.3, 0.4) is 0 Å². The van der Waals surface area contributed by atoms with Crippen LogP contribution in [0.4, 0.5) is 0 Å². The lowest BCUT2D eigenvalue weighted by atomic mass is 10.1. The molecule has 0 bridgehead atoms. The van der Waals surface area contributed by atoms with Gasteiger partial charge >= 0.3 is 0 Å². The van der Waals surface area contributed by atoms with Gasteiger partial charge in [0.25, 0.3) is 0 Å². The highest BCUT2D eigenvalue weighted by Crippen LogP contribution is 2.23. The van der Waals surface area contributed by atoms with E-state index < -0.39 is 12.1 Å². The topological polar surface area (TPSA) is 68.1 Å². The van der Waals surface area contributed by atoms with Crippen LogP contribution in [0.25, 0.3) is 0 Å². The Morgan fingerprint density at radius 3 is 1.55 bits per heavy atom. The molecule has 1 aliphatic rings. The molecule has 2 aromatic rings. The molecular weight excluding hydrogens is 256 g/mol. The van der Waals surface area contributed by atoms with E-state index in [9.17, 15) is 9.59 Å². The van der Waals surface area contributed by atoms with Crippen molar-refractivity contribution in [3.05, 3.63) is 48.0 Å². The lowest BCUT2D eigenvalue weighted by Crippen LogP contribution is -2.53. The third kappa shape index (κ3) is 1.89. The Morgan fingerprint density at radius 1 is 0.850 bits per heavy atom. The van der Waals surface area contributed by atoms with Crippen LogP contribution in [0.5, 0.6) is 0 Å². The monoisotopic (exact) mass is 272 g/mol. The fourth-order valence-corrected chi connectivity index (χ4v) is 2.55. The van der Waals surface area contributed by atoms with E-state index in [0.29, 0.717) is 0 Å². The second-order valence-corrected chi connectivity index (χ2v) is 4.97. The van der Waals surface area contributed by atoms with Gasteiger partial charge in [-0.3, -0.25) is 9.59 Å². The lowest BCUT2D eigenvalue weighted by molar-refractivity contribution is -0.137. The second-order valence-electron chi connectivity index (χ2n) is 4.97. The molecule has 0 aromatic carbocycles. The normalized spacial score (nSPS) is 22.5. The van der Waals surface area contributed by atoms with Crippen molar-refractivity contribution >= 4 is 11.8 Å². The molecule has 3 rings (SSSR count). The van der Waals surface area contributed by atoms with Crippen molar-refractivity contribution in [2.75, 3.05) is 0 Å². The Balaban J connectivity index is 1.87. The standard InChI is InChI=1S/C14H16N4O2/c1-17-7-3-5-9(17)11-13(19)16-12(14(20)15-11)10-6-4-8-18(10)2/h3-8,11-12H,1-2H3,(H,15,20)(H,16,19)/t11-,12+. The Hall–Kier alpha value is -2.50. The zero-order chi connectivity index (χ0) is 14.3. The smallest absolute Gasteiger partial charge is 0.249 e. The maximum Gasteiger partial charge on any atom is 0.249 e. The molecule has 1 aliphatic heterocycles. The van der Waals surface area contributed by atoms with Crippen LogP contribution in [0, 0.1) is 0 Å². The molecule has 6 nitrogen and oxygen atoms in total. The number of carbonyl (C=O) groups excluding carboxylic acids is 2. The summed E-state index contributed by atoms with van der Waals surface area (Å²) in [6.07, 6.45) is 3.69. The third-order valence-corrected chi connectivity index (χ3v) is 3.66. The van der Waals surface area contributed by atoms with Gasteiger partial charge in [-0.05, 0) is 24.3 Å². The van der Waals surface area contributed by atoms with Gasteiger partial charge in [-0.15, -0.1) is 0 Å². The maximum atomic E-state index is 12.3. The molecule has 0 unspecified atom stereocenters. The maximum absolute atomic E-state index is 12.3. The summed E-state index contributed by atoms with van der Waals surface area (Å²) in [6.45, 7) is 0. The molecule has 0 spiro atoms. The van der Waals surface area contributed by atoms with E-state index in [-0.39, 0.29) is 11.8 Å². The molecule has 2 N–H and O–H groups in total. The number of amides is 2. The fourth-order valence-electron chi connectivity index (χ4n) is 2.55. The zero-order valence-electron chi connectivity index (χ0n) is 11.3. The molecule has 104 valence electrons. The van der Waals surface area contributed by atoms with Gasteiger partial charge in [0.05, 0.1) is 0 Å². The van der Waals surface area contributed by atoms with E-state index >= 15 is 0 Å². The number of hydrogen-bond donors (Lipinski definition) is 2.